The van der Waals surface area contributed by atoms with E-state index in [4.69, 9.17) is 0 Å². The van der Waals surface area contributed by atoms with Gasteiger partial charge in [-0.1, -0.05) is 20.3 Å². The summed E-state index contributed by atoms with van der Waals surface area (Å²) >= 11 is 0. The summed E-state index contributed by atoms with van der Waals surface area (Å²) in [4.78, 5) is 10.4. The van der Waals surface area contributed by atoms with Gasteiger partial charge in [-0.25, -0.2) is 0 Å². The van der Waals surface area contributed by atoms with Gasteiger partial charge in [-0.3, -0.25) is 0 Å². The summed E-state index contributed by atoms with van der Waals surface area (Å²) in [5.41, 5.74) is 0. The van der Waals surface area contributed by atoms with Gasteiger partial charge in [0.15, 0.2) is 0 Å². The van der Waals surface area contributed by atoms with E-state index in [2.05, 4.69) is 12.2 Å². The normalized spacial score (nSPS) is 11.8. The van der Waals surface area contributed by atoms with Crippen LogP contribution in [0.1, 0.15) is 33.1 Å². The molecule has 0 aliphatic heterocycles. The average molecular weight is 181 g/mol. The number of carbonyl (C=O) groups is 1. The summed E-state index contributed by atoms with van der Waals surface area (Å²) < 4.78 is 0. The van der Waals surface area contributed by atoms with Gasteiger partial charge >= 0.3 is 29.6 Å². The predicted molar refractivity (Wildman–Crippen MR) is 42.0 cm³/mol. The molecule has 0 aromatic carbocycles. The quantitative estimate of drug-likeness (QED) is 0.349. The molecule has 0 bridgehead atoms. The Hall–Kier alpha value is 0.430. The molecule has 0 aliphatic rings. The third-order valence-electron chi connectivity index (χ3n) is 1.61. The minimum absolute atomic E-state index is 0. The van der Waals surface area contributed by atoms with Crippen molar-refractivity contribution < 1.29 is 39.5 Å². The Labute approximate surface area is 96.2 Å². The van der Waals surface area contributed by atoms with Crippen LogP contribution in [-0.4, -0.2) is 18.6 Å². The second kappa shape index (κ2) is 9.52. The molecule has 0 aromatic rings. The molecular weight excluding hydrogens is 165 g/mol. The molecule has 0 fully saturated rings. The number of carbonyl (C=O) groups excluding carboxylic acids is 1. The number of aliphatic carboxylic acids is 1. The summed E-state index contributed by atoms with van der Waals surface area (Å²) in [5.74, 6) is -0.997. The van der Waals surface area contributed by atoms with E-state index in [1.807, 2.05) is 6.92 Å². The van der Waals surface area contributed by atoms with Crippen molar-refractivity contribution in [1.82, 2.24) is 5.32 Å². The third kappa shape index (κ3) is 7.10. The van der Waals surface area contributed by atoms with E-state index < -0.39 is 12.0 Å². The van der Waals surface area contributed by atoms with Gasteiger partial charge in [0.2, 0.25) is 0 Å². The molecule has 0 saturated carbocycles. The zero-order valence-electron chi connectivity index (χ0n) is 8.22. The van der Waals surface area contributed by atoms with E-state index in [0.717, 1.165) is 19.4 Å². The van der Waals surface area contributed by atoms with Crippen molar-refractivity contribution >= 4 is 5.97 Å². The van der Waals surface area contributed by atoms with Crippen molar-refractivity contribution in [1.29, 1.82) is 0 Å². The number of unbranched alkanes of at least 4 members (excludes halogenated alkanes) is 1. The maximum Gasteiger partial charge on any atom is 1.00 e. The van der Waals surface area contributed by atoms with Crippen LogP contribution in [0, 0.1) is 0 Å². The van der Waals surface area contributed by atoms with Gasteiger partial charge in [0.05, 0.1) is 5.97 Å². The number of hydrogen-bond acceptors (Lipinski definition) is 3. The Morgan fingerprint density at radius 1 is 1.50 bits per heavy atom. The van der Waals surface area contributed by atoms with E-state index in [1.54, 1.807) is 0 Å². The topological polar surface area (TPSA) is 52.2 Å². The summed E-state index contributed by atoms with van der Waals surface area (Å²) in [6, 6.07) is -0.471. The van der Waals surface area contributed by atoms with Crippen molar-refractivity contribution in [3.63, 3.8) is 0 Å². The van der Waals surface area contributed by atoms with Gasteiger partial charge in [0, 0.05) is 6.04 Å². The van der Waals surface area contributed by atoms with E-state index in [9.17, 15) is 9.90 Å². The second-order valence-electron chi connectivity index (χ2n) is 2.59. The Kier molecular flexibility index (Phi) is 11.8. The zero-order valence-corrected chi connectivity index (χ0v) is 10.2. The molecule has 0 aromatic heterocycles. The Balaban J connectivity index is 0. The van der Waals surface area contributed by atoms with E-state index in [1.165, 1.54) is 0 Å². The van der Waals surface area contributed by atoms with Crippen molar-refractivity contribution in [3.8, 4) is 0 Å². The van der Waals surface area contributed by atoms with Crippen molar-refractivity contribution in [2.24, 2.45) is 0 Å². The van der Waals surface area contributed by atoms with E-state index in [0.29, 0.717) is 6.42 Å². The monoisotopic (exact) mass is 181 g/mol. The maximum atomic E-state index is 10.4. The van der Waals surface area contributed by atoms with Crippen LogP contribution in [0.25, 0.3) is 0 Å². The molecule has 66 valence electrons. The Bertz CT molecular complexity index is 120. The van der Waals surface area contributed by atoms with Gasteiger partial charge in [-0.05, 0) is 19.4 Å². The first-order valence-electron chi connectivity index (χ1n) is 4.16. The van der Waals surface area contributed by atoms with Crippen LogP contribution in [0.15, 0.2) is 0 Å². The minimum atomic E-state index is -0.997. The molecular formula is C8H16NNaO2. The fourth-order valence-electron chi connectivity index (χ4n) is 0.847. The molecule has 4 heteroatoms. The number of carboxylic acid groups (broad SMARTS) is 1. The number of hydrogen-bond donors (Lipinski definition) is 1. The molecule has 12 heavy (non-hydrogen) atoms. The predicted octanol–water partition coefficient (Wildman–Crippen LogP) is -3.09. The number of nitrogens with one attached hydrogen (secondary N) is 1. The van der Waals surface area contributed by atoms with Gasteiger partial charge in [0.1, 0.15) is 0 Å². The fraction of sp³-hybridized carbons (Fsp3) is 0.875. The molecule has 0 radical (unpaired) electrons. The van der Waals surface area contributed by atoms with Gasteiger partial charge in [0.25, 0.3) is 0 Å². The van der Waals surface area contributed by atoms with Crippen LogP contribution in [-0.2, 0) is 4.79 Å². The minimum Gasteiger partial charge on any atom is -0.548 e. The molecule has 0 aliphatic carbocycles. The molecule has 0 heterocycles. The van der Waals surface area contributed by atoms with Crippen LogP contribution < -0.4 is 40.0 Å². The first kappa shape index (κ1) is 14.9. The molecule has 0 saturated heterocycles. The van der Waals surface area contributed by atoms with Crippen LogP contribution in [0.3, 0.4) is 0 Å². The fourth-order valence-corrected chi connectivity index (χ4v) is 0.847. The van der Waals surface area contributed by atoms with Gasteiger partial charge in [-0.2, -0.15) is 0 Å². The van der Waals surface area contributed by atoms with Crippen LogP contribution >= 0.6 is 0 Å². The largest absolute Gasteiger partial charge is 1.00 e. The zero-order chi connectivity index (χ0) is 8.69. The molecule has 0 rings (SSSR count). The smallest absolute Gasteiger partial charge is 0.548 e. The molecule has 1 unspecified atom stereocenters. The second-order valence-corrected chi connectivity index (χ2v) is 2.59. The average Bonchev–Trinajstić information content (AvgIpc) is 1.97. The summed E-state index contributed by atoms with van der Waals surface area (Å²) in [5, 5.41) is 13.3. The van der Waals surface area contributed by atoms with Gasteiger partial charge < -0.3 is 15.2 Å². The molecule has 0 amide bonds. The molecule has 1 atom stereocenters. The Morgan fingerprint density at radius 2 is 2.08 bits per heavy atom. The summed E-state index contributed by atoms with van der Waals surface area (Å²) in [6.45, 7) is 4.67. The number of rotatable bonds is 6. The first-order chi connectivity index (χ1) is 5.22. The maximum absolute atomic E-state index is 10.4. The standard InChI is InChI=1S/C8H17NO2.Na/c1-3-5-6-9-7(4-2)8(10)11;/h7,9H,3-6H2,1-2H3,(H,10,11);/q;+1/p-1. The third-order valence-corrected chi connectivity index (χ3v) is 1.61. The van der Waals surface area contributed by atoms with E-state index in [-0.39, 0.29) is 29.6 Å². The van der Waals surface area contributed by atoms with Crippen molar-refractivity contribution in [2.45, 2.75) is 39.2 Å². The summed E-state index contributed by atoms with van der Waals surface area (Å²) in [6.07, 6.45) is 2.69. The SMILES string of the molecule is CCCCNC(CC)C(=O)[O-].[Na+]. The molecule has 0 spiro atoms. The molecule has 3 nitrogen and oxygen atoms in total. The Morgan fingerprint density at radius 3 is 2.42 bits per heavy atom. The van der Waals surface area contributed by atoms with Crippen molar-refractivity contribution in [3.05, 3.63) is 0 Å². The summed E-state index contributed by atoms with van der Waals surface area (Å²) in [7, 11) is 0. The van der Waals surface area contributed by atoms with Gasteiger partial charge in [-0.15, -0.1) is 0 Å². The number of carboxylic acids is 1. The molecule has 1 N–H and O–H groups in total. The van der Waals surface area contributed by atoms with Crippen LogP contribution in [0.5, 0.6) is 0 Å². The first-order valence-corrected chi connectivity index (χ1v) is 4.16. The van der Waals surface area contributed by atoms with Crippen molar-refractivity contribution in [2.75, 3.05) is 6.54 Å². The van der Waals surface area contributed by atoms with Crippen LogP contribution in [0.2, 0.25) is 0 Å². The van der Waals surface area contributed by atoms with E-state index >= 15 is 0 Å². The van der Waals surface area contributed by atoms with Crippen LogP contribution in [0.4, 0.5) is 0 Å².